The predicted octanol–water partition coefficient (Wildman–Crippen LogP) is 2.15. The van der Waals surface area contributed by atoms with Crippen molar-refractivity contribution in [3.05, 3.63) is 16.6 Å². The molecule has 0 aliphatic carbocycles. The molecule has 0 bridgehead atoms. The molecular formula is C16H25N3O2S. The van der Waals surface area contributed by atoms with Gasteiger partial charge in [0, 0.05) is 25.1 Å². The molecule has 1 atom stereocenters. The molecule has 22 heavy (non-hydrogen) atoms. The van der Waals surface area contributed by atoms with E-state index in [1.165, 1.54) is 30.6 Å². The van der Waals surface area contributed by atoms with Gasteiger partial charge in [-0.15, -0.1) is 11.3 Å². The van der Waals surface area contributed by atoms with E-state index in [2.05, 4.69) is 15.2 Å². The Labute approximate surface area is 136 Å². The molecule has 2 fully saturated rings. The molecule has 5 nitrogen and oxygen atoms in total. The first kappa shape index (κ1) is 15.9. The predicted molar refractivity (Wildman–Crippen MR) is 87.2 cm³/mol. The van der Waals surface area contributed by atoms with Gasteiger partial charge in [-0.2, -0.15) is 0 Å². The number of likely N-dealkylation sites (tertiary alicyclic amines) is 1. The highest BCUT2D eigenvalue weighted by molar-refractivity contribution is 7.07. The molecule has 3 heterocycles. The van der Waals surface area contributed by atoms with Crippen molar-refractivity contribution in [3.8, 4) is 0 Å². The molecule has 2 saturated heterocycles. The van der Waals surface area contributed by atoms with Crippen molar-refractivity contribution in [2.24, 2.45) is 5.92 Å². The maximum atomic E-state index is 11.9. The van der Waals surface area contributed by atoms with Crippen molar-refractivity contribution in [1.82, 2.24) is 15.2 Å². The summed E-state index contributed by atoms with van der Waals surface area (Å²) in [6.45, 7) is 5.03. The third-order valence-electron chi connectivity index (χ3n) is 4.66. The first-order valence-corrected chi connectivity index (χ1v) is 9.26. The van der Waals surface area contributed by atoms with Gasteiger partial charge in [-0.05, 0) is 51.1 Å². The van der Waals surface area contributed by atoms with E-state index in [1.54, 1.807) is 10.9 Å². The van der Waals surface area contributed by atoms with Gasteiger partial charge in [0.25, 0.3) is 5.91 Å². The summed E-state index contributed by atoms with van der Waals surface area (Å²) in [4.78, 5) is 18.4. The molecule has 0 spiro atoms. The molecule has 6 heteroatoms. The van der Waals surface area contributed by atoms with Gasteiger partial charge in [-0.1, -0.05) is 0 Å². The van der Waals surface area contributed by atoms with E-state index in [1.807, 2.05) is 0 Å². The Kier molecular flexibility index (Phi) is 5.81. The number of nitrogens with one attached hydrogen (secondary N) is 1. The van der Waals surface area contributed by atoms with E-state index in [4.69, 9.17) is 4.74 Å². The molecule has 2 aliphatic heterocycles. The minimum atomic E-state index is -0.0423. The zero-order valence-electron chi connectivity index (χ0n) is 13.0. The van der Waals surface area contributed by atoms with Gasteiger partial charge in [0.2, 0.25) is 0 Å². The molecule has 1 unspecified atom stereocenters. The summed E-state index contributed by atoms with van der Waals surface area (Å²) < 4.78 is 5.82. The van der Waals surface area contributed by atoms with Gasteiger partial charge in [0.05, 0.1) is 11.6 Å². The molecule has 3 rings (SSSR count). The second-order valence-corrected chi connectivity index (χ2v) is 7.03. The summed E-state index contributed by atoms with van der Waals surface area (Å²) in [5.41, 5.74) is 2.23. The Bertz CT molecular complexity index is 452. The van der Waals surface area contributed by atoms with Crippen molar-refractivity contribution in [2.75, 3.05) is 32.8 Å². The second-order valence-electron chi connectivity index (χ2n) is 6.32. The van der Waals surface area contributed by atoms with Crippen LogP contribution in [0.15, 0.2) is 10.9 Å². The maximum Gasteiger partial charge on any atom is 0.270 e. The number of aromatic nitrogens is 1. The number of amides is 1. The molecule has 1 aromatic rings. The Morgan fingerprint density at radius 3 is 2.91 bits per heavy atom. The summed E-state index contributed by atoms with van der Waals surface area (Å²) in [5.74, 6) is 0.547. The molecule has 1 aromatic heterocycles. The van der Waals surface area contributed by atoms with Crippen LogP contribution in [0.2, 0.25) is 0 Å². The number of carbonyl (C=O) groups excluding carboxylic acids is 1. The van der Waals surface area contributed by atoms with E-state index in [-0.39, 0.29) is 5.91 Å². The highest BCUT2D eigenvalue weighted by atomic mass is 32.1. The van der Waals surface area contributed by atoms with E-state index in [9.17, 15) is 4.79 Å². The SMILES string of the molecule is O=C(NCC1CCN(CC2CCCCO2)CC1)c1cscn1. The first-order chi connectivity index (χ1) is 10.8. The summed E-state index contributed by atoms with van der Waals surface area (Å²) >= 11 is 1.46. The van der Waals surface area contributed by atoms with Crippen LogP contribution in [-0.4, -0.2) is 54.7 Å². The Hall–Kier alpha value is -0.980. The van der Waals surface area contributed by atoms with Crippen LogP contribution in [0, 0.1) is 5.92 Å². The lowest BCUT2D eigenvalue weighted by molar-refractivity contribution is -0.0111. The van der Waals surface area contributed by atoms with Crippen LogP contribution in [0.1, 0.15) is 42.6 Å². The Balaban J connectivity index is 1.34. The van der Waals surface area contributed by atoms with Gasteiger partial charge in [-0.25, -0.2) is 4.98 Å². The number of hydrogen-bond acceptors (Lipinski definition) is 5. The molecule has 1 amide bonds. The van der Waals surface area contributed by atoms with Crippen LogP contribution in [-0.2, 0) is 4.74 Å². The fraction of sp³-hybridized carbons (Fsp3) is 0.750. The van der Waals surface area contributed by atoms with Crippen LogP contribution in [0.4, 0.5) is 0 Å². The van der Waals surface area contributed by atoms with E-state index >= 15 is 0 Å². The molecule has 122 valence electrons. The zero-order chi connectivity index (χ0) is 15.2. The quantitative estimate of drug-likeness (QED) is 0.902. The van der Waals surface area contributed by atoms with E-state index < -0.39 is 0 Å². The third-order valence-corrected chi connectivity index (χ3v) is 5.25. The average molecular weight is 323 g/mol. The van der Waals surface area contributed by atoms with E-state index in [0.29, 0.717) is 17.7 Å². The number of rotatable bonds is 5. The number of carbonyl (C=O) groups is 1. The zero-order valence-corrected chi connectivity index (χ0v) is 13.8. The summed E-state index contributed by atoms with van der Waals surface area (Å²) in [6, 6.07) is 0. The number of thiazole rings is 1. The van der Waals surface area contributed by atoms with Crippen molar-refractivity contribution >= 4 is 17.2 Å². The highest BCUT2D eigenvalue weighted by Gasteiger charge is 2.23. The Morgan fingerprint density at radius 1 is 1.36 bits per heavy atom. The maximum absolute atomic E-state index is 11.9. The van der Waals surface area contributed by atoms with Crippen LogP contribution in [0.3, 0.4) is 0 Å². The van der Waals surface area contributed by atoms with Gasteiger partial charge in [0.15, 0.2) is 0 Å². The third kappa shape index (κ3) is 4.51. The molecule has 0 aromatic carbocycles. The summed E-state index contributed by atoms with van der Waals surface area (Å²) in [5, 5.41) is 4.81. The van der Waals surface area contributed by atoms with Crippen molar-refractivity contribution < 1.29 is 9.53 Å². The van der Waals surface area contributed by atoms with Gasteiger partial charge >= 0.3 is 0 Å². The van der Waals surface area contributed by atoms with Crippen molar-refractivity contribution in [2.45, 2.75) is 38.2 Å². The van der Waals surface area contributed by atoms with Crippen LogP contribution in [0.5, 0.6) is 0 Å². The van der Waals surface area contributed by atoms with Crippen molar-refractivity contribution in [3.63, 3.8) is 0 Å². The highest BCUT2D eigenvalue weighted by Crippen LogP contribution is 2.20. The molecule has 2 aliphatic rings. The minimum Gasteiger partial charge on any atom is -0.377 e. The standard InChI is InChI=1S/C16H25N3O2S/c20-16(15-11-22-12-18-15)17-9-13-4-6-19(7-5-13)10-14-3-1-2-8-21-14/h11-14H,1-10H2,(H,17,20). The van der Waals surface area contributed by atoms with Crippen LogP contribution in [0.25, 0.3) is 0 Å². The first-order valence-electron chi connectivity index (χ1n) is 8.31. The summed E-state index contributed by atoms with van der Waals surface area (Å²) in [6.07, 6.45) is 6.49. The Morgan fingerprint density at radius 2 is 2.23 bits per heavy atom. The minimum absolute atomic E-state index is 0.0423. The number of nitrogens with zero attached hydrogens (tertiary/aromatic N) is 2. The normalized spacial score (nSPS) is 24.3. The van der Waals surface area contributed by atoms with Gasteiger partial charge < -0.3 is 15.0 Å². The largest absolute Gasteiger partial charge is 0.377 e. The molecule has 1 N–H and O–H groups in total. The topological polar surface area (TPSA) is 54.5 Å². The molecule has 0 saturated carbocycles. The monoisotopic (exact) mass is 323 g/mol. The number of piperidine rings is 1. The average Bonchev–Trinajstić information content (AvgIpc) is 3.09. The fourth-order valence-corrected chi connectivity index (χ4v) is 3.80. The number of ether oxygens (including phenoxy) is 1. The second kappa shape index (κ2) is 8.04. The molecule has 0 radical (unpaired) electrons. The lowest BCUT2D eigenvalue weighted by Crippen LogP contribution is -2.42. The van der Waals surface area contributed by atoms with Crippen molar-refractivity contribution in [1.29, 1.82) is 0 Å². The number of hydrogen-bond donors (Lipinski definition) is 1. The van der Waals surface area contributed by atoms with Crippen LogP contribution < -0.4 is 5.32 Å². The van der Waals surface area contributed by atoms with Gasteiger partial charge in [-0.3, -0.25) is 4.79 Å². The fourth-order valence-electron chi connectivity index (χ4n) is 3.26. The van der Waals surface area contributed by atoms with E-state index in [0.717, 1.165) is 45.6 Å². The smallest absolute Gasteiger partial charge is 0.270 e. The van der Waals surface area contributed by atoms with Crippen LogP contribution >= 0.6 is 11.3 Å². The lowest BCUT2D eigenvalue weighted by atomic mass is 9.96. The molecular weight excluding hydrogens is 298 g/mol. The van der Waals surface area contributed by atoms with Gasteiger partial charge in [0.1, 0.15) is 5.69 Å². The summed E-state index contributed by atoms with van der Waals surface area (Å²) in [7, 11) is 0. The lowest BCUT2D eigenvalue weighted by Gasteiger charge is -2.35.